The van der Waals surface area contributed by atoms with Crippen LogP contribution in [0.2, 0.25) is 0 Å². The Labute approximate surface area is 186 Å². The van der Waals surface area contributed by atoms with Gasteiger partial charge in [-0.15, -0.1) is 0 Å². The van der Waals surface area contributed by atoms with Gasteiger partial charge in [0.2, 0.25) is 16.0 Å². The first kappa shape index (κ1) is 25.2. The van der Waals surface area contributed by atoms with Gasteiger partial charge in [0.25, 0.3) is 0 Å². The molecule has 2 rings (SSSR count). The first-order chi connectivity index (χ1) is 14.9. The summed E-state index contributed by atoms with van der Waals surface area (Å²) in [7, 11) is -2.26. The van der Waals surface area contributed by atoms with E-state index in [2.05, 4.69) is 9.97 Å². The van der Waals surface area contributed by atoms with Gasteiger partial charge < -0.3 is 10.2 Å². The number of allylic oxidation sites excluding steroid dienone is 2. The lowest BCUT2D eigenvalue weighted by Gasteiger charge is -2.20. The molecule has 0 unspecified atom stereocenters. The van der Waals surface area contributed by atoms with E-state index in [9.17, 15) is 22.7 Å². The van der Waals surface area contributed by atoms with Gasteiger partial charge in [-0.2, -0.15) is 0 Å². The fourth-order valence-corrected chi connectivity index (χ4v) is 3.17. The summed E-state index contributed by atoms with van der Waals surface area (Å²) in [6.45, 7) is 3.79. The molecule has 0 saturated carbocycles. The summed E-state index contributed by atoms with van der Waals surface area (Å²) in [6.07, 6.45) is 5.61. The molecule has 1 aromatic carbocycles. The number of aliphatic carboxylic acids is 1. The van der Waals surface area contributed by atoms with Crippen LogP contribution in [0.5, 0.6) is 0 Å². The number of sulfonamides is 1. The fourth-order valence-electron chi connectivity index (χ4n) is 2.79. The summed E-state index contributed by atoms with van der Waals surface area (Å²) in [5, 5.41) is 18.4. The molecule has 0 aliphatic rings. The number of aliphatic hydroxyl groups excluding tert-OH is 1. The maximum absolute atomic E-state index is 13.5. The lowest BCUT2D eigenvalue weighted by molar-refractivity contribution is -0.138. The number of aliphatic hydroxyl groups is 1. The zero-order valence-electron chi connectivity index (χ0n) is 18.2. The molecule has 2 N–H and O–H groups in total. The van der Waals surface area contributed by atoms with E-state index in [0.717, 1.165) is 10.6 Å². The second-order valence-electron chi connectivity index (χ2n) is 7.47. The molecule has 0 aliphatic carbocycles. The molecular formula is C22H26FN3O5S. The standard InChI is InChI=1S/C22H26FN3O5S/c1-14(2)20-18(8-6-5-7-17(27)13-19(28)29)21(15-9-11-16(23)12-10-15)25-22(24-20)26(3)32(4,30)31/h5-12,14,17,27H,13H2,1-4H3,(H,28,29)/b7-5+,8-6+/t17-/m1/s1. The van der Waals surface area contributed by atoms with E-state index in [4.69, 9.17) is 5.11 Å². The highest BCUT2D eigenvalue weighted by Gasteiger charge is 2.22. The summed E-state index contributed by atoms with van der Waals surface area (Å²) in [5.74, 6) is -1.66. The Bertz CT molecular complexity index is 1130. The Balaban J connectivity index is 2.64. The maximum Gasteiger partial charge on any atom is 0.306 e. The molecular weight excluding hydrogens is 437 g/mol. The van der Waals surface area contributed by atoms with E-state index in [1.807, 2.05) is 13.8 Å². The van der Waals surface area contributed by atoms with Crippen LogP contribution in [0.25, 0.3) is 17.3 Å². The highest BCUT2D eigenvalue weighted by molar-refractivity contribution is 7.92. The monoisotopic (exact) mass is 463 g/mol. The second-order valence-corrected chi connectivity index (χ2v) is 9.49. The normalized spacial score (nSPS) is 13.2. The van der Waals surface area contributed by atoms with E-state index >= 15 is 0 Å². The number of anilines is 1. The Morgan fingerprint density at radius 3 is 2.34 bits per heavy atom. The Morgan fingerprint density at radius 1 is 1.19 bits per heavy atom. The van der Waals surface area contributed by atoms with Crippen molar-refractivity contribution in [3.05, 3.63) is 59.6 Å². The number of aromatic nitrogens is 2. The topological polar surface area (TPSA) is 121 Å². The van der Waals surface area contributed by atoms with Crippen molar-refractivity contribution in [2.24, 2.45) is 0 Å². The fraction of sp³-hybridized carbons (Fsp3) is 0.318. The number of carboxylic acids is 1. The molecule has 0 aliphatic heterocycles. The third-order valence-electron chi connectivity index (χ3n) is 4.50. The molecule has 1 heterocycles. The van der Waals surface area contributed by atoms with Gasteiger partial charge in [-0.05, 0) is 30.2 Å². The third-order valence-corrected chi connectivity index (χ3v) is 5.66. The van der Waals surface area contributed by atoms with Crippen molar-refractivity contribution < 1.29 is 27.8 Å². The van der Waals surface area contributed by atoms with Crippen molar-refractivity contribution in [2.75, 3.05) is 17.6 Å². The highest BCUT2D eigenvalue weighted by Crippen LogP contribution is 2.31. The number of benzene rings is 1. The van der Waals surface area contributed by atoms with Gasteiger partial charge in [0.15, 0.2) is 0 Å². The molecule has 1 aromatic heterocycles. The van der Waals surface area contributed by atoms with Crippen LogP contribution >= 0.6 is 0 Å². The van der Waals surface area contributed by atoms with Crippen molar-refractivity contribution in [1.29, 1.82) is 0 Å². The predicted octanol–water partition coefficient (Wildman–Crippen LogP) is 3.21. The van der Waals surface area contributed by atoms with Crippen molar-refractivity contribution in [3.63, 3.8) is 0 Å². The van der Waals surface area contributed by atoms with Gasteiger partial charge in [-0.25, -0.2) is 27.1 Å². The van der Waals surface area contributed by atoms with Gasteiger partial charge in [0.05, 0.1) is 30.2 Å². The quantitative estimate of drug-likeness (QED) is 0.548. The Hall–Kier alpha value is -3.11. The van der Waals surface area contributed by atoms with Crippen LogP contribution in [-0.4, -0.2) is 54.0 Å². The Morgan fingerprint density at radius 2 is 1.81 bits per heavy atom. The number of hydrogen-bond donors (Lipinski definition) is 2. The average molecular weight is 464 g/mol. The van der Waals surface area contributed by atoms with Gasteiger partial charge in [0.1, 0.15) is 5.82 Å². The maximum atomic E-state index is 13.5. The Kier molecular flexibility index (Phi) is 8.23. The largest absolute Gasteiger partial charge is 0.481 e. The SMILES string of the molecule is CC(C)c1nc(N(C)S(C)(=O)=O)nc(-c2ccc(F)cc2)c1/C=C/C=C/[C@@H](O)CC(=O)O. The number of rotatable bonds is 9. The van der Waals surface area contributed by atoms with Crippen molar-refractivity contribution >= 4 is 28.0 Å². The highest BCUT2D eigenvalue weighted by atomic mass is 32.2. The smallest absolute Gasteiger partial charge is 0.306 e. The van der Waals surface area contributed by atoms with E-state index in [1.54, 1.807) is 12.2 Å². The van der Waals surface area contributed by atoms with E-state index in [1.165, 1.54) is 43.5 Å². The van der Waals surface area contributed by atoms with Crippen LogP contribution in [0.1, 0.15) is 37.4 Å². The molecule has 0 bridgehead atoms. The van der Waals surface area contributed by atoms with Crippen LogP contribution < -0.4 is 4.31 Å². The second kappa shape index (κ2) is 10.5. The van der Waals surface area contributed by atoms with Gasteiger partial charge >= 0.3 is 5.97 Å². The van der Waals surface area contributed by atoms with E-state index in [-0.39, 0.29) is 11.9 Å². The molecule has 1 atom stereocenters. The minimum absolute atomic E-state index is 0.0138. The summed E-state index contributed by atoms with van der Waals surface area (Å²) in [4.78, 5) is 19.6. The molecule has 10 heteroatoms. The van der Waals surface area contributed by atoms with Gasteiger partial charge in [0, 0.05) is 18.2 Å². The average Bonchev–Trinajstić information content (AvgIpc) is 2.69. The van der Waals surface area contributed by atoms with Crippen LogP contribution in [0.4, 0.5) is 10.3 Å². The van der Waals surface area contributed by atoms with E-state index in [0.29, 0.717) is 22.5 Å². The minimum atomic E-state index is -3.61. The molecule has 172 valence electrons. The number of carbonyl (C=O) groups is 1. The predicted molar refractivity (Wildman–Crippen MR) is 121 cm³/mol. The lowest BCUT2D eigenvalue weighted by atomic mass is 9.98. The van der Waals surface area contributed by atoms with Crippen LogP contribution in [0.3, 0.4) is 0 Å². The first-order valence-electron chi connectivity index (χ1n) is 9.76. The summed E-state index contributed by atoms with van der Waals surface area (Å²) in [5.41, 5.74) is 2.13. The first-order valence-corrected chi connectivity index (χ1v) is 11.6. The van der Waals surface area contributed by atoms with Crippen LogP contribution in [0.15, 0.2) is 42.5 Å². The third kappa shape index (κ3) is 6.69. The molecule has 0 spiro atoms. The summed E-state index contributed by atoms with van der Waals surface area (Å²) < 4.78 is 38.6. The number of carboxylic acid groups (broad SMARTS) is 1. The molecule has 8 nitrogen and oxygen atoms in total. The van der Waals surface area contributed by atoms with Crippen molar-refractivity contribution in [1.82, 2.24) is 9.97 Å². The molecule has 0 amide bonds. The number of halogens is 1. The van der Waals surface area contributed by atoms with E-state index < -0.39 is 34.3 Å². The minimum Gasteiger partial charge on any atom is -0.481 e. The van der Waals surface area contributed by atoms with Gasteiger partial charge in [-0.3, -0.25) is 4.79 Å². The van der Waals surface area contributed by atoms with Crippen molar-refractivity contribution in [3.8, 4) is 11.3 Å². The molecule has 0 fully saturated rings. The molecule has 0 saturated heterocycles. The van der Waals surface area contributed by atoms with Crippen molar-refractivity contribution in [2.45, 2.75) is 32.3 Å². The number of hydrogen-bond acceptors (Lipinski definition) is 6. The summed E-state index contributed by atoms with van der Waals surface area (Å²) >= 11 is 0. The zero-order chi connectivity index (χ0) is 24.1. The number of nitrogens with zero attached hydrogens (tertiary/aromatic N) is 3. The molecule has 0 radical (unpaired) electrons. The molecule has 32 heavy (non-hydrogen) atoms. The van der Waals surface area contributed by atoms with Crippen LogP contribution in [-0.2, 0) is 14.8 Å². The van der Waals surface area contributed by atoms with Crippen LogP contribution in [0, 0.1) is 5.82 Å². The zero-order valence-corrected chi connectivity index (χ0v) is 19.0. The molecule has 2 aromatic rings. The van der Waals surface area contributed by atoms with Gasteiger partial charge in [-0.1, -0.05) is 38.2 Å². The lowest BCUT2D eigenvalue weighted by Crippen LogP contribution is -2.27. The summed E-state index contributed by atoms with van der Waals surface area (Å²) in [6, 6.07) is 5.63.